The lowest BCUT2D eigenvalue weighted by atomic mass is 9.88. The summed E-state index contributed by atoms with van der Waals surface area (Å²) in [4.78, 5) is 22.5. The van der Waals surface area contributed by atoms with E-state index in [1.165, 1.54) is 13.0 Å². The number of hydrogen-bond donors (Lipinski definition) is 3. The highest BCUT2D eigenvalue weighted by Gasteiger charge is 2.52. The van der Waals surface area contributed by atoms with Gasteiger partial charge in [-0.1, -0.05) is 5.16 Å². The van der Waals surface area contributed by atoms with E-state index in [2.05, 4.69) is 10.5 Å². The van der Waals surface area contributed by atoms with Gasteiger partial charge in [0, 0.05) is 6.92 Å². The van der Waals surface area contributed by atoms with Crippen LogP contribution in [0.4, 0.5) is 0 Å². The number of carboxylic acid groups (broad SMARTS) is 1. The standard InChI is InChI=1S/C12H16N2O6/c1-5(15)13-8-7(14-18)4-6(11(16)17)9-10(8)20-12(2,3)19-9/h4,8-10,18H,1-3H3,(H,13,15)(H,16,17)/b14-7-/t8-,9-,10+/m1/s1. The molecule has 1 fully saturated rings. The minimum atomic E-state index is -1.19. The first kappa shape index (κ1) is 14.5. The third-order valence-corrected chi connectivity index (χ3v) is 3.11. The van der Waals surface area contributed by atoms with E-state index in [0.717, 1.165) is 0 Å². The van der Waals surface area contributed by atoms with Crippen LogP contribution in [0.2, 0.25) is 0 Å². The number of nitrogens with one attached hydrogen (secondary N) is 1. The van der Waals surface area contributed by atoms with E-state index in [1.807, 2.05) is 0 Å². The summed E-state index contributed by atoms with van der Waals surface area (Å²) in [5.74, 6) is -2.54. The van der Waals surface area contributed by atoms with Crippen LogP contribution < -0.4 is 5.32 Å². The molecule has 0 aromatic rings. The average Bonchev–Trinajstić information content (AvgIpc) is 2.63. The van der Waals surface area contributed by atoms with Crippen molar-refractivity contribution in [2.24, 2.45) is 5.16 Å². The Hall–Kier alpha value is -1.93. The van der Waals surface area contributed by atoms with Crippen molar-refractivity contribution in [3.63, 3.8) is 0 Å². The van der Waals surface area contributed by atoms with Gasteiger partial charge in [0.05, 0.1) is 5.57 Å². The van der Waals surface area contributed by atoms with Gasteiger partial charge in [-0.3, -0.25) is 4.79 Å². The number of carboxylic acids is 1. The largest absolute Gasteiger partial charge is 0.478 e. The van der Waals surface area contributed by atoms with Gasteiger partial charge in [-0.2, -0.15) is 0 Å². The van der Waals surface area contributed by atoms with E-state index in [0.29, 0.717) is 0 Å². The van der Waals surface area contributed by atoms with Crippen molar-refractivity contribution in [3.05, 3.63) is 11.6 Å². The van der Waals surface area contributed by atoms with E-state index < -0.39 is 30.0 Å². The smallest absolute Gasteiger partial charge is 0.334 e. The van der Waals surface area contributed by atoms with Gasteiger partial charge >= 0.3 is 5.97 Å². The molecule has 0 unspecified atom stereocenters. The first-order valence-corrected chi connectivity index (χ1v) is 6.05. The van der Waals surface area contributed by atoms with Crippen molar-refractivity contribution in [3.8, 4) is 0 Å². The van der Waals surface area contributed by atoms with Gasteiger partial charge < -0.3 is 25.1 Å². The number of fused-ring (bicyclic) bond motifs is 1. The van der Waals surface area contributed by atoms with E-state index in [4.69, 9.17) is 14.7 Å². The van der Waals surface area contributed by atoms with Gasteiger partial charge in [0.2, 0.25) is 5.91 Å². The number of nitrogens with zero attached hydrogens (tertiary/aromatic N) is 1. The molecule has 0 bridgehead atoms. The second-order valence-corrected chi connectivity index (χ2v) is 5.13. The minimum Gasteiger partial charge on any atom is -0.478 e. The lowest BCUT2D eigenvalue weighted by molar-refractivity contribution is -0.147. The molecule has 1 saturated heterocycles. The zero-order chi connectivity index (χ0) is 15.1. The maximum atomic E-state index is 11.3. The predicted molar refractivity (Wildman–Crippen MR) is 66.4 cm³/mol. The summed E-state index contributed by atoms with van der Waals surface area (Å²) in [5, 5.41) is 23.9. The molecule has 8 heteroatoms. The molecule has 3 N–H and O–H groups in total. The zero-order valence-corrected chi connectivity index (χ0v) is 11.3. The summed E-state index contributed by atoms with van der Waals surface area (Å²) in [6.07, 6.45) is -0.421. The Bertz CT molecular complexity index is 510. The molecule has 20 heavy (non-hydrogen) atoms. The van der Waals surface area contributed by atoms with Crippen molar-refractivity contribution in [2.75, 3.05) is 0 Å². The van der Waals surface area contributed by atoms with E-state index >= 15 is 0 Å². The fraction of sp³-hybridized carbons (Fsp3) is 0.583. The number of ether oxygens (including phenoxy) is 2. The van der Waals surface area contributed by atoms with Crippen LogP contribution >= 0.6 is 0 Å². The van der Waals surface area contributed by atoms with Gasteiger partial charge in [-0.25, -0.2) is 4.79 Å². The lowest BCUT2D eigenvalue weighted by Gasteiger charge is -2.30. The van der Waals surface area contributed by atoms with Gasteiger partial charge in [0.1, 0.15) is 24.0 Å². The van der Waals surface area contributed by atoms with Crippen molar-refractivity contribution < 1.29 is 29.4 Å². The van der Waals surface area contributed by atoms with Crippen LogP contribution in [0, 0.1) is 0 Å². The molecule has 110 valence electrons. The quantitative estimate of drug-likeness (QED) is 0.480. The molecule has 3 atom stereocenters. The highest BCUT2D eigenvalue weighted by molar-refractivity contribution is 6.08. The molecule has 0 aromatic heterocycles. The second-order valence-electron chi connectivity index (χ2n) is 5.13. The molecule has 2 aliphatic rings. The number of amides is 1. The molecule has 1 heterocycles. The summed E-state index contributed by atoms with van der Waals surface area (Å²) in [6.45, 7) is 4.60. The molecule has 8 nitrogen and oxygen atoms in total. The molecular weight excluding hydrogens is 268 g/mol. The Morgan fingerprint density at radius 1 is 1.40 bits per heavy atom. The Labute approximate surface area is 115 Å². The summed E-state index contributed by atoms with van der Waals surface area (Å²) in [7, 11) is 0. The molecule has 1 aliphatic heterocycles. The van der Waals surface area contributed by atoms with Crippen LogP contribution in [0.1, 0.15) is 20.8 Å². The maximum absolute atomic E-state index is 11.3. The van der Waals surface area contributed by atoms with Crippen LogP contribution in [0.15, 0.2) is 16.8 Å². The first-order valence-electron chi connectivity index (χ1n) is 6.05. The maximum Gasteiger partial charge on any atom is 0.334 e. The van der Waals surface area contributed by atoms with E-state index in [1.54, 1.807) is 13.8 Å². The monoisotopic (exact) mass is 284 g/mol. The fourth-order valence-corrected chi connectivity index (χ4v) is 2.42. The molecular formula is C12H16N2O6. The van der Waals surface area contributed by atoms with Crippen LogP contribution in [0.5, 0.6) is 0 Å². The van der Waals surface area contributed by atoms with Crippen LogP contribution in [0.3, 0.4) is 0 Å². The summed E-state index contributed by atoms with van der Waals surface area (Å²) < 4.78 is 11.2. The van der Waals surface area contributed by atoms with Crippen LogP contribution in [-0.4, -0.2) is 51.9 Å². The van der Waals surface area contributed by atoms with E-state index in [-0.39, 0.29) is 17.2 Å². The van der Waals surface area contributed by atoms with Gasteiger partial charge in [-0.05, 0) is 19.9 Å². The fourth-order valence-electron chi connectivity index (χ4n) is 2.42. The second kappa shape index (κ2) is 4.88. The normalized spacial score (nSPS) is 33.5. The zero-order valence-electron chi connectivity index (χ0n) is 11.3. The number of oxime groups is 1. The van der Waals surface area contributed by atoms with Crippen molar-refractivity contribution >= 4 is 17.6 Å². The first-order chi connectivity index (χ1) is 9.25. The van der Waals surface area contributed by atoms with Crippen molar-refractivity contribution in [1.82, 2.24) is 5.32 Å². The Kier molecular flexibility index (Phi) is 3.53. The highest BCUT2D eigenvalue weighted by atomic mass is 16.8. The van der Waals surface area contributed by atoms with Crippen LogP contribution in [0.25, 0.3) is 0 Å². The van der Waals surface area contributed by atoms with Crippen molar-refractivity contribution in [1.29, 1.82) is 0 Å². The van der Waals surface area contributed by atoms with E-state index in [9.17, 15) is 14.7 Å². The topological polar surface area (TPSA) is 117 Å². The summed E-state index contributed by atoms with van der Waals surface area (Å²) in [6, 6.07) is -0.771. The van der Waals surface area contributed by atoms with Gasteiger partial charge in [-0.15, -0.1) is 0 Å². The number of carbonyl (C=O) groups excluding carboxylic acids is 1. The SMILES string of the molecule is CC(=O)N[C@@H]1/C(=N\O)C=C(C(=O)O)[C@H]2OC(C)(C)O[C@H]21. The number of hydrogen-bond acceptors (Lipinski definition) is 6. The summed E-state index contributed by atoms with van der Waals surface area (Å²) in [5.41, 5.74) is -0.0601. The highest BCUT2D eigenvalue weighted by Crippen LogP contribution is 2.36. The summed E-state index contributed by atoms with van der Waals surface area (Å²) >= 11 is 0. The predicted octanol–water partition coefficient (Wildman–Crippen LogP) is -0.134. The number of carbonyl (C=O) groups is 2. The number of aliphatic carboxylic acids is 1. The van der Waals surface area contributed by atoms with Gasteiger partial charge in [0.15, 0.2) is 5.79 Å². The Morgan fingerprint density at radius 3 is 2.55 bits per heavy atom. The molecule has 1 amide bonds. The van der Waals surface area contributed by atoms with Crippen molar-refractivity contribution in [2.45, 2.75) is 44.8 Å². The molecule has 0 aromatic carbocycles. The average molecular weight is 284 g/mol. The third kappa shape index (κ3) is 2.52. The minimum absolute atomic E-state index is 0.0140. The lowest BCUT2D eigenvalue weighted by Crippen LogP contribution is -2.55. The Morgan fingerprint density at radius 2 is 2.05 bits per heavy atom. The molecule has 0 radical (unpaired) electrons. The van der Waals surface area contributed by atoms with Crippen LogP contribution in [-0.2, 0) is 19.1 Å². The molecule has 0 saturated carbocycles. The molecule has 1 aliphatic carbocycles. The number of rotatable bonds is 2. The molecule has 0 spiro atoms. The molecule has 2 rings (SSSR count). The van der Waals surface area contributed by atoms with Gasteiger partial charge in [0.25, 0.3) is 0 Å². The Balaban J connectivity index is 2.45. The third-order valence-electron chi connectivity index (χ3n) is 3.11.